The number of carbonyl (C=O) groups excluding carboxylic acids is 1. The van der Waals surface area contributed by atoms with Crippen LogP contribution >= 0.6 is 23.2 Å². The van der Waals surface area contributed by atoms with Gasteiger partial charge in [-0.1, -0.05) is 23.2 Å². The lowest BCUT2D eigenvalue weighted by Gasteiger charge is -2.38. The first-order valence-corrected chi connectivity index (χ1v) is 10.1. The Hall–Kier alpha value is -1.97. The van der Waals surface area contributed by atoms with E-state index >= 15 is 0 Å². The molecule has 2 aromatic rings. The van der Waals surface area contributed by atoms with Gasteiger partial charge in [-0.15, -0.1) is 0 Å². The van der Waals surface area contributed by atoms with Gasteiger partial charge in [0.15, 0.2) is 18.1 Å². The highest BCUT2D eigenvalue weighted by atomic mass is 35.5. The number of piperazine rings is 1. The zero-order valence-corrected chi connectivity index (χ0v) is 17.9. The Morgan fingerprint density at radius 3 is 2.43 bits per heavy atom. The van der Waals surface area contributed by atoms with E-state index < -0.39 is 23.1 Å². The summed E-state index contributed by atoms with van der Waals surface area (Å²) in [5.74, 6) is 0.589. The number of benzene rings is 1. The Labute approximate surface area is 182 Å². The quantitative estimate of drug-likeness (QED) is 0.591. The van der Waals surface area contributed by atoms with Crippen LogP contribution in [0.25, 0.3) is 0 Å². The van der Waals surface area contributed by atoms with E-state index in [0.29, 0.717) is 49.8 Å². The maximum atomic E-state index is 13.1. The van der Waals surface area contributed by atoms with E-state index in [0.717, 1.165) is 10.4 Å². The molecule has 0 saturated carbocycles. The van der Waals surface area contributed by atoms with Gasteiger partial charge in [0.25, 0.3) is 0 Å². The number of hydrogen-bond acceptors (Lipinski definition) is 5. The Balaban J connectivity index is 1.76. The van der Waals surface area contributed by atoms with Gasteiger partial charge in [-0.2, -0.15) is 18.3 Å². The smallest absolute Gasteiger partial charge is 0.436 e. The van der Waals surface area contributed by atoms with Crippen molar-refractivity contribution in [3.05, 3.63) is 39.6 Å². The third-order valence-electron chi connectivity index (χ3n) is 4.99. The van der Waals surface area contributed by atoms with Crippen molar-refractivity contribution in [1.29, 1.82) is 0 Å². The van der Waals surface area contributed by atoms with Crippen LogP contribution in [0.15, 0.2) is 18.2 Å². The van der Waals surface area contributed by atoms with Crippen molar-refractivity contribution in [2.24, 2.45) is 0 Å². The van der Waals surface area contributed by atoms with Gasteiger partial charge in [-0.3, -0.25) is 9.69 Å². The fraction of sp³-hybridized carbons (Fsp3) is 0.474. The molecule has 1 atom stereocenters. The number of ether oxygens (including phenoxy) is 1. The van der Waals surface area contributed by atoms with E-state index in [-0.39, 0.29) is 5.69 Å². The molecule has 1 aliphatic heterocycles. The van der Waals surface area contributed by atoms with E-state index in [9.17, 15) is 18.0 Å². The third kappa shape index (κ3) is 4.53. The summed E-state index contributed by atoms with van der Waals surface area (Å²) in [5.41, 5.74) is -0.165. The topological polar surface area (TPSA) is 50.6 Å². The molecule has 0 bridgehead atoms. The molecule has 0 amide bonds. The summed E-state index contributed by atoms with van der Waals surface area (Å²) in [7, 11) is 0. The van der Waals surface area contributed by atoms with Crippen molar-refractivity contribution in [2.75, 3.05) is 37.7 Å². The fourth-order valence-corrected chi connectivity index (χ4v) is 3.84. The van der Waals surface area contributed by atoms with Crippen LogP contribution < -0.4 is 9.64 Å². The Morgan fingerprint density at radius 1 is 1.23 bits per heavy atom. The molecule has 164 valence electrons. The molecule has 1 saturated heterocycles. The maximum absolute atomic E-state index is 13.1. The Kier molecular flexibility index (Phi) is 6.84. The number of halogens is 5. The molecule has 30 heavy (non-hydrogen) atoms. The predicted molar refractivity (Wildman–Crippen MR) is 108 cm³/mol. The third-order valence-corrected chi connectivity index (χ3v) is 5.75. The van der Waals surface area contributed by atoms with Crippen molar-refractivity contribution in [2.45, 2.75) is 26.2 Å². The molecule has 1 unspecified atom stereocenters. The zero-order chi connectivity index (χ0) is 22.1. The molecule has 1 fully saturated rings. The van der Waals surface area contributed by atoms with Gasteiger partial charge in [0.05, 0.1) is 22.3 Å². The van der Waals surface area contributed by atoms with Crippen LogP contribution in [0.4, 0.5) is 18.9 Å². The van der Waals surface area contributed by atoms with Crippen LogP contribution in [-0.2, 0) is 11.0 Å². The molecule has 1 aromatic heterocycles. The monoisotopic (exact) mass is 464 g/mol. The minimum Gasteiger partial charge on any atom is -0.492 e. The number of carbonyl (C=O) groups is 1. The number of alkyl halides is 3. The van der Waals surface area contributed by atoms with Crippen molar-refractivity contribution in [1.82, 2.24) is 14.7 Å². The first kappa shape index (κ1) is 22.7. The van der Waals surface area contributed by atoms with Crippen LogP contribution in [0.5, 0.6) is 5.75 Å². The van der Waals surface area contributed by atoms with E-state index in [2.05, 4.69) is 10.00 Å². The summed E-state index contributed by atoms with van der Waals surface area (Å²) in [4.78, 5) is 15.6. The first-order valence-electron chi connectivity index (χ1n) is 9.35. The molecule has 0 spiro atoms. The number of aromatic nitrogens is 2. The van der Waals surface area contributed by atoms with Gasteiger partial charge in [-0.05, 0) is 26.0 Å². The molecule has 0 N–H and O–H groups in total. The highest BCUT2D eigenvalue weighted by molar-refractivity contribution is 6.32. The molecule has 0 aliphatic carbocycles. The van der Waals surface area contributed by atoms with Gasteiger partial charge in [0, 0.05) is 37.9 Å². The first-order chi connectivity index (χ1) is 14.2. The fourth-order valence-electron chi connectivity index (χ4n) is 3.44. The van der Waals surface area contributed by atoms with Crippen LogP contribution in [0.3, 0.4) is 0 Å². The van der Waals surface area contributed by atoms with Gasteiger partial charge >= 0.3 is 6.18 Å². The lowest BCUT2D eigenvalue weighted by molar-refractivity contribution is -0.142. The van der Waals surface area contributed by atoms with E-state index in [1.165, 1.54) is 6.92 Å². The number of rotatable bonds is 6. The normalized spacial score (nSPS) is 16.6. The minimum atomic E-state index is -4.69. The molecule has 0 radical (unpaired) electrons. The summed E-state index contributed by atoms with van der Waals surface area (Å²) in [6, 6.07) is 5.49. The summed E-state index contributed by atoms with van der Waals surface area (Å²) in [5, 5.41) is 3.62. The summed E-state index contributed by atoms with van der Waals surface area (Å²) in [6.07, 6.45) is -5.07. The molecular weight excluding hydrogens is 444 g/mol. The SMILES string of the molecule is CCOc1cc(N2CCN(C(C=O)n3nc(C(F)(F)F)c(Cl)c3C)CC2)ccc1Cl. The number of aldehydes is 1. The molecule has 11 heteroatoms. The predicted octanol–water partition coefficient (Wildman–Crippen LogP) is 4.44. The highest BCUT2D eigenvalue weighted by Crippen LogP contribution is 2.36. The second kappa shape index (κ2) is 9.03. The Bertz CT molecular complexity index is 912. The molecule has 3 rings (SSSR count). The maximum Gasteiger partial charge on any atom is 0.436 e. The molecule has 1 aromatic carbocycles. The molecule has 2 heterocycles. The summed E-state index contributed by atoms with van der Waals surface area (Å²) < 4.78 is 45.9. The summed E-state index contributed by atoms with van der Waals surface area (Å²) in [6.45, 7) is 5.82. The van der Waals surface area contributed by atoms with Crippen molar-refractivity contribution in [3.8, 4) is 5.75 Å². The number of hydrogen-bond donors (Lipinski definition) is 0. The Morgan fingerprint density at radius 2 is 1.90 bits per heavy atom. The zero-order valence-electron chi connectivity index (χ0n) is 16.4. The number of nitrogens with zero attached hydrogens (tertiary/aromatic N) is 4. The van der Waals surface area contributed by atoms with Gasteiger partial charge < -0.3 is 9.64 Å². The van der Waals surface area contributed by atoms with Gasteiger partial charge in [0.2, 0.25) is 0 Å². The van der Waals surface area contributed by atoms with Crippen LogP contribution in [0.2, 0.25) is 10.0 Å². The van der Waals surface area contributed by atoms with Crippen LogP contribution in [-0.4, -0.2) is 53.8 Å². The standard InChI is InChI=1S/C19H21Cl2F3N4O2/c1-3-30-15-10-13(4-5-14(15)20)26-6-8-27(9-7-26)16(11-29)28-12(2)17(21)18(25-28)19(22,23)24/h4-5,10-11,16H,3,6-9H2,1-2H3. The van der Waals surface area contributed by atoms with Crippen molar-refractivity contribution >= 4 is 35.2 Å². The number of anilines is 1. The average molecular weight is 465 g/mol. The van der Waals surface area contributed by atoms with Crippen LogP contribution in [0, 0.1) is 6.92 Å². The van der Waals surface area contributed by atoms with Crippen molar-refractivity contribution < 1.29 is 22.7 Å². The molecular formula is C19H21Cl2F3N4O2. The lowest BCUT2D eigenvalue weighted by atomic mass is 10.2. The lowest BCUT2D eigenvalue weighted by Crippen LogP contribution is -2.49. The van der Waals surface area contributed by atoms with Gasteiger partial charge in [0.1, 0.15) is 5.75 Å². The van der Waals surface area contributed by atoms with Gasteiger partial charge in [-0.25, -0.2) is 4.68 Å². The van der Waals surface area contributed by atoms with E-state index in [4.69, 9.17) is 27.9 Å². The van der Waals surface area contributed by atoms with E-state index in [1.54, 1.807) is 11.0 Å². The van der Waals surface area contributed by atoms with Crippen molar-refractivity contribution in [3.63, 3.8) is 0 Å². The largest absolute Gasteiger partial charge is 0.492 e. The second-order valence-corrected chi connectivity index (χ2v) is 7.60. The molecule has 1 aliphatic rings. The highest BCUT2D eigenvalue weighted by Gasteiger charge is 2.39. The molecule has 6 nitrogen and oxygen atoms in total. The minimum absolute atomic E-state index is 0.0996. The average Bonchev–Trinajstić information content (AvgIpc) is 3.00. The van der Waals surface area contributed by atoms with E-state index in [1.807, 2.05) is 19.1 Å². The summed E-state index contributed by atoms with van der Waals surface area (Å²) >= 11 is 12.0. The second-order valence-electron chi connectivity index (χ2n) is 6.81. The van der Waals surface area contributed by atoms with Crippen LogP contribution in [0.1, 0.15) is 24.5 Å².